The molecule has 0 amide bonds. The van der Waals surface area contributed by atoms with Crippen molar-refractivity contribution >= 4 is 16.0 Å². The van der Waals surface area contributed by atoms with Gasteiger partial charge in [-0.15, -0.1) is 0 Å². The van der Waals surface area contributed by atoms with E-state index < -0.39 is 32.7 Å². The molecule has 7 heteroatoms. The summed E-state index contributed by atoms with van der Waals surface area (Å²) < 4.78 is 46.4. The molecule has 0 saturated carbocycles. The van der Waals surface area contributed by atoms with Crippen LogP contribution in [0.1, 0.15) is 18.5 Å². The second-order valence-corrected chi connectivity index (χ2v) is 7.56. The van der Waals surface area contributed by atoms with Crippen molar-refractivity contribution in [3.05, 3.63) is 77.6 Å². The van der Waals surface area contributed by atoms with Crippen LogP contribution in [-0.4, -0.2) is 31.8 Å². The topological polar surface area (TPSA) is 63.7 Å². The summed E-state index contributed by atoms with van der Waals surface area (Å²) in [6, 6.07) is 13.1. The van der Waals surface area contributed by atoms with Crippen LogP contribution in [0.15, 0.2) is 71.1 Å². The molecule has 0 radical (unpaired) electrons. The number of benzene rings is 2. The Morgan fingerprint density at radius 2 is 1.81 bits per heavy atom. The summed E-state index contributed by atoms with van der Waals surface area (Å²) in [6.45, 7) is 1.82. The molecule has 1 aliphatic heterocycles. The first-order valence-corrected chi connectivity index (χ1v) is 9.59. The summed E-state index contributed by atoms with van der Waals surface area (Å²) in [6.07, 6.45) is 1.52. The molecular formula is C19H18FNO4S. The Morgan fingerprint density at radius 1 is 1.15 bits per heavy atom. The molecule has 26 heavy (non-hydrogen) atoms. The van der Waals surface area contributed by atoms with Gasteiger partial charge in [0.25, 0.3) is 0 Å². The minimum Gasteiger partial charge on any atom is -0.463 e. The monoisotopic (exact) mass is 375 g/mol. The van der Waals surface area contributed by atoms with E-state index >= 15 is 0 Å². The summed E-state index contributed by atoms with van der Waals surface area (Å²) in [5.74, 6) is -1.41. The highest BCUT2D eigenvalue weighted by molar-refractivity contribution is 7.89. The van der Waals surface area contributed by atoms with Crippen molar-refractivity contribution in [2.24, 2.45) is 0 Å². The Morgan fingerprint density at radius 3 is 2.46 bits per heavy atom. The number of hydrogen-bond donors (Lipinski definition) is 0. The molecule has 3 rings (SSSR count). The van der Waals surface area contributed by atoms with Gasteiger partial charge in [0, 0.05) is 6.54 Å². The molecule has 136 valence electrons. The van der Waals surface area contributed by atoms with E-state index in [1.165, 1.54) is 24.3 Å². The van der Waals surface area contributed by atoms with Gasteiger partial charge in [0.05, 0.1) is 18.2 Å². The Hall–Kier alpha value is -2.51. The molecule has 0 saturated heterocycles. The van der Waals surface area contributed by atoms with Crippen molar-refractivity contribution < 1.29 is 22.3 Å². The predicted octanol–water partition coefficient (Wildman–Crippen LogP) is 3.06. The SMILES string of the molecule is CCOC(=O)C1=CCN(S(=O)(=O)c2ccccc2F)C1c1ccccc1. The van der Waals surface area contributed by atoms with Crippen LogP contribution in [0.5, 0.6) is 0 Å². The molecule has 1 heterocycles. The van der Waals surface area contributed by atoms with Gasteiger partial charge >= 0.3 is 5.97 Å². The van der Waals surface area contributed by atoms with E-state index in [9.17, 15) is 17.6 Å². The van der Waals surface area contributed by atoms with Gasteiger partial charge in [-0.25, -0.2) is 17.6 Å². The van der Waals surface area contributed by atoms with Crippen LogP contribution in [0.3, 0.4) is 0 Å². The molecular weight excluding hydrogens is 357 g/mol. The molecule has 1 aliphatic rings. The summed E-state index contributed by atoms with van der Waals surface area (Å²) in [5.41, 5.74) is 0.849. The molecule has 0 N–H and O–H groups in total. The highest BCUT2D eigenvalue weighted by Gasteiger charge is 2.41. The zero-order valence-corrected chi connectivity index (χ0v) is 14.9. The van der Waals surface area contributed by atoms with Crippen LogP contribution in [0.4, 0.5) is 4.39 Å². The molecule has 0 fully saturated rings. The number of halogens is 1. The third-order valence-corrected chi connectivity index (χ3v) is 5.99. The van der Waals surface area contributed by atoms with Gasteiger partial charge in [-0.1, -0.05) is 48.5 Å². The molecule has 2 aromatic carbocycles. The van der Waals surface area contributed by atoms with Crippen LogP contribution in [0.25, 0.3) is 0 Å². The average Bonchev–Trinajstić information content (AvgIpc) is 3.09. The second-order valence-electron chi connectivity index (χ2n) is 5.70. The van der Waals surface area contributed by atoms with E-state index in [4.69, 9.17) is 4.74 Å². The minimum atomic E-state index is -4.15. The van der Waals surface area contributed by atoms with Gasteiger partial charge in [0.1, 0.15) is 10.7 Å². The number of esters is 1. The normalized spacial score (nSPS) is 17.8. The van der Waals surface area contributed by atoms with Crippen LogP contribution in [0, 0.1) is 5.82 Å². The van der Waals surface area contributed by atoms with Gasteiger partial charge in [0.2, 0.25) is 10.0 Å². The molecule has 1 unspecified atom stereocenters. The third-order valence-electron chi connectivity index (χ3n) is 4.12. The maximum Gasteiger partial charge on any atom is 0.335 e. The van der Waals surface area contributed by atoms with Crippen molar-refractivity contribution in [2.45, 2.75) is 17.9 Å². The highest BCUT2D eigenvalue weighted by atomic mass is 32.2. The van der Waals surface area contributed by atoms with Gasteiger partial charge < -0.3 is 4.74 Å². The Labute approximate surface area is 151 Å². The fraction of sp³-hybridized carbons (Fsp3) is 0.211. The van der Waals surface area contributed by atoms with Gasteiger partial charge in [-0.2, -0.15) is 4.31 Å². The van der Waals surface area contributed by atoms with Crippen molar-refractivity contribution in [1.29, 1.82) is 0 Å². The molecule has 0 aliphatic carbocycles. The van der Waals surface area contributed by atoms with Crippen molar-refractivity contribution in [3.8, 4) is 0 Å². The van der Waals surface area contributed by atoms with E-state index in [1.54, 1.807) is 37.3 Å². The van der Waals surface area contributed by atoms with Gasteiger partial charge in [-0.05, 0) is 24.6 Å². The number of ether oxygens (including phenoxy) is 1. The number of rotatable bonds is 5. The Bertz CT molecular complexity index is 941. The molecule has 1 atom stereocenters. The van der Waals surface area contributed by atoms with Gasteiger partial charge in [0.15, 0.2) is 0 Å². The lowest BCUT2D eigenvalue weighted by molar-refractivity contribution is -0.138. The van der Waals surface area contributed by atoms with Crippen LogP contribution < -0.4 is 0 Å². The summed E-state index contributed by atoms with van der Waals surface area (Å²) in [4.78, 5) is 11.9. The third kappa shape index (κ3) is 3.27. The van der Waals surface area contributed by atoms with Gasteiger partial charge in [-0.3, -0.25) is 0 Å². The van der Waals surface area contributed by atoms with E-state index in [-0.39, 0.29) is 18.7 Å². The van der Waals surface area contributed by atoms with Crippen molar-refractivity contribution in [3.63, 3.8) is 0 Å². The Balaban J connectivity index is 2.07. The number of carbonyl (C=O) groups is 1. The largest absolute Gasteiger partial charge is 0.463 e. The second kappa shape index (κ2) is 7.39. The average molecular weight is 375 g/mol. The first-order chi connectivity index (χ1) is 12.5. The minimum absolute atomic E-state index is 0.0373. The summed E-state index contributed by atoms with van der Waals surface area (Å²) in [7, 11) is -4.15. The summed E-state index contributed by atoms with van der Waals surface area (Å²) in [5, 5.41) is 0. The zero-order chi connectivity index (χ0) is 18.7. The fourth-order valence-corrected chi connectivity index (χ4v) is 4.57. The molecule has 0 spiro atoms. The summed E-state index contributed by atoms with van der Waals surface area (Å²) >= 11 is 0. The molecule has 2 aromatic rings. The number of carbonyl (C=O) groups excluding carboxylic acids is 1. The van der Waals surface area contributed by atoms with E-state index in [0.717, 1.165) is 10.4 Å². The van der Waals surface area contributed by atoms with Crippen molar-refractivity contribution in [2.75, 3.05) is 13.2 Å². The smallest absolute Gasteiger partial charge is 0.335 e. The standard InChI is InChI=1S/C19H18FNO4S/c1-2-25-19(22)15-12-13-21(18(15)14-8-4-3-5-9-14)26(23,24)17-11-7-6-10-16(17)20/h3-12,18H,2,13H2,1H3. The molecule has 5 nitrogen and oxygen atoms in total. The van der Waals surface area contributed by atoms with Crippen LogP contribution in [-0.2, 0) is 19.6 Å². The first kappa shape index (κ1) is 18.3. The van der Waals surface area contributed by atoms with E-state index in [2.05, 4.69) is 0 Å². The maximum atomic E-state index is 14.1. The van der Waals surface area contributed by atoms with E-state index in [1.807, 2.05) is 0 Å². The van der Waals surface area contributed by atoms with Crippen LogP contribution in [0.2, 0.25) is 0 Å². The first-order valence-electron chi connectivity index (χ1n) is 8.15. The highest BCUT2D eigenvalue weighted by Crippen LogP contribution is 2.38. The molecule has 0 aromatic heterocycles. The number of nitrogens with zero attached hydrogens (tertiary/aromatic N) is 1. The number of sulfonamides is 1. The fourth-order valence-electron chi connectivity index (χ4n) is 2.97. The lowest BCUT2D eigenvalue weighted by Gasteiger charge is -2.26. The van der Waals surface area contributed by atoms with Crippen molar-refractivity contribution in [1.82, 2.24) is 4.31 Å². The number of hydrogen-bond acceptors (Lipinski definition) is 4. The maximum absolute atomic E-state index is 14.1. The molecule has 0 bridgehead atoms. The Kier molecular flexibility index (Phi) is 5.20. The lowest BCUT2D eigenvalue weighted by Crippen LogP contribution is -2.34. The van der Waals surface area contributed by atoms with Crippen LogP contribution >= 0.6 is 0 Å². The predicted molar refractivity (Wildman–Crippen MR) is 94.2 cm³/mol. The quantitative estimate of drug-likeness (QED) is 0.754. The zero-order valence-electron chi connectivity index (χ0n) is 14.1. The lowest BCUT2D eigenvalue weighted by atomic mass is 10.0. The van der Waals surface area contributed by atoms with E-state index in [0.29, 0.717) is 5.56 Å².